The van der Waals surface area contributed by atoms with Crippen molar-refractivity contribution >= 4 is 22.6 Å². The summed E-state index contributed by atoms with van der Waals surface area (Å²) in [5, 5.41) is 1.04. The summed E-state index contributed by atoms with van der Waals surface area (Å²) < 4.78 is 7.30. The maximum absolute atomic E-state index is 11.9. The normalized spacial score (nSPS) is 11.8. The number of esters is 1. The van der Waals surface area contributed by atoms with Gasteiger partial charge in [0.15, 0.2) is 0 Å². The van der Waals surface area contributed by atoms with E-state index in [0.29, 0.717) is 0 Å². The molecule has 1 heterocycles. The fourth-order valence-electron chi connectivity index (χ4n) is 2.14. The number of nitrogens with zero attached hydrogens (tertiary/aromatic N) is 1. The number of carbonyl (C=O) groups excluding carboxylic acids is 1. The summed E-state index contributed by atoms with van der Waals surface area (Å²) in [6, 6.07) is 7.71. The molecule has 1 aromatic carbocycles. The first-order chi connectivity index (χ1) is 8.76. The maximum Gasteiger partial charge on any atom is 0.326 e. The van der Waals surface area contributed by atoms with Crippen molar-refractivity contribution in [2.75, 3.05) is 5.73 Å². The first-order valence-electron chi connectivity index (χ1n) is 6.33. The van der Waals surface area contributed by atoms with Crippen molar-refractivity contribution in [3.05, 3.63) is 30.0 Å². The molecule has 2 aromatic rings. The van der Waals surface area contributed by atoms with E-state index in [-0.39, 0.29) is 12.5 Å². The number of nitrogen functional groups attached to an aromatic ring is 1. The van der Waals surface area contributed by atoms with Gasteiger partial charge in [0, 0.05) is 22.3 Å². The molecule has 19 heavy (non-hydrogen) atoms. The van der Waals surface area contributed by atoms with Gasteiger partial charge in [0.2, 0.25) is 0 Å². The molecule has 0 saturated heterocycles. The van der Waals surface area contributed by atoms with Crippen LogP contribution in [0.2, 0.25) is 0 Å². The molecule has 1 aromatic heterocycles. The van der Waals surface area contributed by atoms with Gasteiger partial charge in [-0.2, -0.15) is 0 Å². The van der Waals surface area contributed by atoms with Crippen LogP contribution in [0.5, 0.6) is 0 Å². The van der Waals surface area contributed by atoms with Gasteiger partial charge < -0.3 is 15.0 Å². The lowest BCUT2D eigenvalue weighted by Crippen LogP contribution is -2.26. The highest BCUT2D eigenvalue weighted by molar-refractivity contribution is 5.85. The zero-order valence-corrected chi connectivity index (χ0v) is 11.9. The summed E-state index contributed by atoms with van der Waals surface area (Å²) in [5.41, 5.74) is 8.05. The lowest BCUT2D eigenvalue weighted by molar-refractivity contribution is -0.155. The number of fused-ring (bicyclic) bond motifs is 1. The highest BCUT2D eigenvalue weighted by Gasteiger charge is 2.18. The molecular formula is C15H20N2O2. The second kappa shape index (κ2) is 4.61. The number of carbonyl (C=O) groups is 1. The lowest BCUT2D eigenvalue weighted by Gasteiger charge is -2.20. The van der Waals surface area contributed by atoms with Crippen molar-refractivity contribution in [3.63, 3.8) is 0 Å². The summed E-state index contributed by atoms with van der Waals surface area (Å²) in [5.74, 6) is -0.232. The summed E-state index contributed by atoms with van der Waals surface area (Å²) in [6.45, 7) is 7.79. The molecule has 0 unspecified atom stereocenters. The topological polar surface area (TPSA) is 57.2 Å². The van der Waals surface area contributed by atoms with Crippen molar-refractivity contribution in [1.82, 2.24) is 4.57 Å². The van der Waals surface area contributed by atoms with Gasteiger partial charge in [-0.05, 0) is 52.0 Å². The van der Waals surface area contributed by atoms with E-state index in [0.717, 1.165) is 22.3 Å². The molecular weight excluding hydrogens is 240 g/mol. The molecule has 0 bridgehead atoms. The molecule has 2 rings (SSSR count). The monoisotopic (exact) mass is 260 g/mol. The van der Waals surface area contributed by atoms with Gasteiger partial charge in [0.1, 0.15) is 12.1 Å². The molecule has 0 spiro atoms. The zero-order chi connectivity index (χ0) is 14.2. The minimum atomic E-state index is -0.460. The van der Waals surface area contributed by atoms with Crippen molar-refractivity contribution < 1.29 is 9.53 Å². The SMILES string of the molecule is Cc1cc2cc(N)ccc2n1CC(=O)OC(C)(C)C. The molecule has 0 atom stereocenters. The van der Waals surface area contributed by atoms with Gasteiger partial charge in [-0.15, -0.1) is 0 Å². The number of aryl methyl sites for hydroxylation is 1. The predicted octanol–water partition coefficient (Wildman–Crippen LogP) is 2.87. The summed E-state index contributed by atoms with van der Waals surface area (Å²) in [4.78, 5) is 11.9. The summed E-state index contributed by atoms with van der Waals surface area (Å²) >= 11 is 0. The third-order valence-electron chi connectivity index (χ3n) is 2.84. The van der Waals surface area contributed by atoms with Crippen LogP contribution in [0.1, 0.15) is 26.5 Å². The first kappa shape index (κ1) is 13.5. The van der Waals surface area contributed by atoms with Gasteiger partial charge in [0.05, 0.1) is 0 Å². The first-order valence-corrected chi connectivity index (χ1v) is 6.33. The second-order valence-electron chi connectivity index (χ2n) is 5.78. The standard InChI is InChI=1S/C15H20N2O2/c1-10-7-11-8-12(16)5-6-13(11)17(10)9-14(18)19-15(2,3)4/h5-8H,9,16H2,1-4H3. The van der Waals surface area contributed by atoms with Crippen LogP contribution in [0.3, 0.4) is 0 Å². The maximum atomic E-state index is 11.9. The smallest absolute Gasteiger partial charge is 0.326 e. The number of hydrogen-bond donors (Lipinski definition) is 1. The van der Waals surface area contributed by atoms with E-state index >= 15 is 0 Å². The fourth-order valence-corrected chi connectivity index (χ4v) is 2.14. The largest absolute Gasteiger partial charge is 0.459 e. The Hall–Kier alpha value is -1.97. The van der Waals surface area contributed by atoms with Crippen LogP contribution < -0.4 is 5.73 Å². The van der Waals surface area contributed by atoms with Gasteiger partial charge in [-0.1, -0.05) is 0 Å². The van der Waals surface area contributed by atoms with E-state index in [9.17, 15) is 4.79 Å². The minimum Gasteiger partial charge on any atom is -0.459 e. The lowest BCUT2D eigenvalue weighted by atomic mass is 10.2. The van der Waals surface area contributed by atoms with Crippen LogP contribution in [-0.4, -0.2) is 16.1 Å². The van der Waals surface area contributed by atoms with Crippen molar-refractivity contribution in [1.29, 1.82) is 0 Å². The molecule has 0 radical (unpaired) electrons. The molecule has 0 saturated carbocycles. The average Bonchev–Trinajstić information content (AvgIpc) is 2.51. The van der Waals surface area contributed by atoms with Gasteiger partial charge in [-0.25, -0.2) is 0 Å². The minimum absolute atomic E-state index is 0.219. The molecule has 0 aliphatic rings. The van der Waals surface area contributed by atoms with E-state index in [1.54, 1.807) is 0 Å². The predicted molar refractivity (Wildman–Crippen MR) is 76.9 cm³/mol. The summed E-state index contributed by atoms with van der Waals surface area (Å²) in [6.07, 6.45) is 0. The Kier molecular flexibility index (Phi) is 3.27. The highest BCUT2D eigenvalue weighted by atomic mass is 16.6. The molecule has 102 valence electrons. The second-order valence-corrected chi connectivity index (χ2v) is 5.78. The number of rotatable bonds is 2. The van der Waals surface area contributed by atoms with Crippen molar-refractivity contribution in [2.24, 2.45) is 0 Å². The van der Waals surface area contributed by atoms with Crippen LogP contribution in [0.15, 0.2) is 24.3 Å². The number of nitrogens with two attached hydrogens (primary N) is 1. The molecule has 0 aliphatic heterocycles. The Morgan fingerprint density at radius 1 is 1.32 bits per heavy atom. The van der Waals surface area contributed by atoms with E-state index < -0.39 is 5.60 Å². The van der Waals surface area contributed by atoms with Gasteiger partial charge >= 0.3 is 5.97 Å². The molecule has 2 N–H and O–H groups in total. The number of aromatic nitrogens is 1. The fraction of sp³-hybridized carbons (Fsp3) is 0.400. The third kappa shape index (κ3) is 3.08. The summed E-state index contributed by atoms with van der Waals surface area (Å²) in [7, 11) is 0. The Morgan fingerprint density at radius 2 is 2.00 bits per heavy atom. The van der Waals surface area contributed by atoms with E-state index in [1.165, 1.54) is 0 Å². The molecule has 0 amide bonds. The Balaban J connectivity index is 2.30. The Labute approximate surface area is 113 Å². The Bertz CT molecular complexity index is 621. The van der Waals surface area contributed by atoms with Crippen molar-refractivity contribution in [2.45, 2.75) is 39.8 Å². The number of hydrogen-bond acceptors (Lipinski definition) is 3. The van der Waals surface area contributed by atoms with Gasteiger partial charge in [0.25, 0.3) is 0 Å². The van der Waals surface area contributed by atoms with Crippen LogP contribution >= 0.6 is 0 Å². The molecule has 0 aliphatic carbocycles. The number of ether oxygens (including phenoxy) is 1. The van der Waals surface area contributed by atoms with Crippen molar-refractivity contribution in [3.8, 4) is 0 Å². The third-order valence-corrected chi connectivity index (χ3v) is 2.84. The highest BCUT2D eigenvalue weighted by Crippen LogP contribution is 2.22. The van der Waals surface area contributed by atoms with Crippen LogP contribution in [0.4, 0.5) is 5.69 Å². The molecule has 4 heteroatoms. The van der Waals surface area contributed by atoms with Crippen LogP contribution in [0, 0.1) is 6.92 Å². The average molecular weight is 260 g/mol. The quantitative estimate of drug-likeness (QED) is 0.667. The van der Waals surface area contributed by atoms with E-state index in [1.807, 2.05) is 56.5 Å². The molecule has 0 fully saturated rings. The van der Waals surface area contributed by atoms with E-state index in [2.05, 4.69) is 0 Å². The Morgan fingerprint density at radius 3 is 2.63 bits per heavy atom. The molecule has 4 nitrogen and oxygen atoms in total. The van der Waals surface area contributed by atoms with Crippen LogP contribution in [-0.2, 0) is 16.1 Å². The number of anilines is 1. The number of benzene rings is 1. The van der Waals surface area contributed by atoms with E-state index in [4.69, 9.17) is 10.5 Å². The zero-order valence-electron chi connectivity index (χ0n) is 11.9. The van der Waals surface area contributed by atoms with Gasteiger partial charge in [-0.3, -0.25) is 4.79 Å². The van der Waals surface area contributed by atoms with Crippen LogP contribution in [0.25, 0.3) is 10.9 Å².